The molecule has 1 spiro atoms. The van der Waals surface area contributed by atoms with E-state index in [9.17, 15) is 14.0 Å². The van der Waals surface area contributed by atoms with Gasteiger partial charge in [-0.05, 0) is 36.6 Å². The summed E-state index contributed by atoms with van der Waals surface area (Å²) < 4.78 is 18.7. The van der Waals surface area contributed by atoms with Crippen molar-refractivity contribution in [1.29, 1.82) is 0 Å². The van der Waals surface area contributed by atoms with Crippen LogP contribution in [0.3, 0.4) is 0 Å². The van der Waals surface area contributed by atoms with E-state index >= 15 is 0 Å². The van der Waals surface area contributed by atoms with Crippen LogP contribution in [0.4, 0.5) is 4.39 Å². The van der Waals surface area contributed by atoms with E-state index in [-0.39, 0.29) is 24.1 Å². The van der Waals surface area contributed by atoms with Crippen LogP contribution in [0.2, 0.25) is 0 Å². The summed E-state index contributed by atoms with van der Waals surface area (Å²) in [5.41, 5.74) is 1.51. The maximum atomic E-state index is 13.0. The zero-order valence-electron chi connectivity index (χ0n) is 13.7. The lowest BCUT2D eigenvalue weighted by Gasteiger charge is -2.39. The molecular formula is C20H18FNO3. The molecule has 2 aromatic rings. The number of esters is 1. The van der Waals surface area contributed by atoms with Crippen molar-refractivity contribution in [1.82, 2.24) is 4.90 Å². The van der Waals surface area contributed by atoms with E-state index in [1.54, 1.807) is 23.1 Å². The lowest BCUT2D eigenvalue weighted by molar-refractivity contribution is -0.138. The van der Waals surface area contributed by atoms with Crippen molar-refractivity contribution in [3.8, 4) is 0 Å². The largest absolute Gasteiger partial charge is 0.449 e. The third kappa shape index (κ3) is 2.80. The summed E-state index contributed by atoms with van der Waals surface area (Å²) in [6.45, 7) is 1.01. The number of halogens is 1. The van der Waals surface area contributed by atoms with Crippen molar-refractivity contribution in [3.05, 3.63) is 71.0 Å². The van der Waals surface area contributed by atoms with E-state index in [0.717, 1.165) is 24.0 Å². The molecule has 1 fully saturated rings. The number of likely N-dealkylation sites (tertiary alicyclic amines) is 1. The summed E-state index contributed by atoms with van der Waals surface area (Å²) in [5.74, 6) is -0.669. The topological polar surface area (TPSA) is 46.6 Å². The minimum absolute atomic E-state index is 0.0360. The van der Waals surface area contributed by atoms with Crippen LogP contribution in [0.1, 0.15) is 34.3 Å². The molecule has 0 saturated carbocycles. The molecule has 0 N–H and O–H groups in total. The van der Waals surface area contributed by atoms with Crippen LogP contribution < -0.4 is 0 Å². The van der Waals surface area contributed by atoms with Gasteiger partial charge in [-0.3, -0.25) is 4.79 Å². The smallest absolute Gasteiger partial charge is 0.339 e. The molecule has 128 valence electrons. The number of fused-ring (bicyclic) bond motifs is 2. The van der Waals surface area contributed by atoms with Gasteiger partial charge in [0.25, 0.3) is 0 Å². The third-order valence-electron chi connectivity index (χ3n) is 5.00. The van der Waals surface area contributed by atoms with E-state index in [4.69, 9.17) is 4.74 Å². The number of carbonyl (C=O) groups excluding carboxylic acids is 2. The van der Waals surface area contributed by atoms with Crippen molar-refractivity contribution in [2.24, 2.45) is 0 Å². The van der Waals surface area contributed by atoms with Crippen molar-refractivity contribution in [2.45, 2.75) is 24.9 Å². The lowest BCUT2D eigenvalue weighted by Crippen LogP contribution is -2.49. The number of hydrogen-bond donors (Lipinski definition) is 0. The molecule has 0 bridgehead atoms. The van der Waals surface area contributed by atoms with Crippen LogP contribution in [-0.2, 0) is 21.6 Å². The highest BCUT2D eigenvalue weighted by Crippen LogP contribution is 2.42. The summed E-state index contributed by atoms with van der Waals surface area (Å²) in [6, 6.07) is 13.3. The third-order valence-corrected chi connectivity index (χ3v) is 5.00. The Labute approximate surface area is 145 Å². The van der Waals surface area contributed by atoms with Crippen LogP contribution in [0, 0.1) is 5.82 Å². The predicted molar refractivity (Wildman–Crippen MR) is 89.5 cm³/mol. The maximum absolute atomic E-state index is 13.0. The van der Waals surface area contributed by atoms with Crippen LogP contribution in [0.5, 0.6) is 0 Å². The summed E-state index contributed by atoms with van der Waals surface area (Å²) in [5, 5.41) is 0. The Balaban J connectivity index is 1.54. The summed E-state index contributed by atoms with van der Waals surface area (Å²) >= 11 is 0. The van der Waals surface area contributed by atoms with Crippen LogP contribution in [0.15, 0.2) is 48.5 Å². The number of rotatable bonds is 2. The van der Waals surface area contributed by atoms with Crippen molar-refractivity contribution < 1.29 is 18.7 Å². The Hall–Kier alpha value is -2.69. The van der Waals surface area contributed by atoms with Gasteiger partial charge in [0.1, 0.15) is 5.82 Å². The number of hydrogen-bond acceptors (Lipinski definition) is 3. The first-order valence-corrected chi connectivity index (χ1v) is 8.42. The molecule has 0 aliphatic carbocycles. The molecule has 2 aromatic carbocycles. The van der Waals surface area contributed by atoms with Crippen LogP contribution in [-0.4, -0.2) is 29.9 Å². The standard InChI is InChI=1S/C20H18FNO3/c21-15-8-6-14(7-9-15)12-18(23)22-11-3-10-20(13-22)17-5-2-1-4-16(17)19(24)25-20/h1-2,4-9H,3,10-13H2/t20-/m1/s1. The minimum Gasteiger partial charge on any atom is -0.449 e. The Kier molecular flexibility index (Phi) is 3.79. The molecule has 2 aliphatic rings. The highest BCUT2D eigenvalue weighted by Gasteiger charge is 2.48. The SMILES string of the molecule is O=C1O[C@@]2(CCCN(C(=O)Cc3ccc(F)cc3)C2)c2ccccc21. The van der Waals surface area contributed by atoms with Crippen molar-refractivity contribution in [3.63, 3.8) is 0 Å². The Bertz CT molecular complexity index is 833. The normalized spacial score (nSPS) is 22.0. The lowest BCUT2D eigenvalue weighted by atomic mass is 9.85. The first kappa shape index (κ1) is 15.8. The van der Waals surface area contributed by atoms with E-state index in [1.165, 1.54) is 12.1 Å². The Morgan fingerprint density at radius 1 is 1.16 bits per heavy atom. The van der Waals surface area contributed by atoms with Gasteiger partial charge >= 0.3 is 5.97 Å². The molecule has 2 aliphatic heterocycles. The predicted octanol–water partition coefficient (Wildman–Crippen LogP) is 3.06. The van der Waals surface area contributed by atoms with E-state index in [1.807, 2.05) is 18.2 Å². The van der Waals surface area contributed by atoms with Gasteiger partial charge in [0, 0.05) is 12.1 Å². The Morgan fingerprint density at radius 3 is 2.72 bits per heavy atom. The van der Waals surface area contributed by atoms with E-state index in [0.29, 0.717) is 18.7 Å². The van der Waals surface area contributed by atoms with Gasteiger partial charge in [-0.25, -0.2) is 9.18 Å². The van der Waals surface area contributed by atoms with E-state index < -0.39 is 5.60 Å². The highest BCUT2D eigenvalue weighted by atomic mass is 19.1. The van der Waals surface area contributed by atoms with Gasteiger partial charge in [-0.1, -0.05) is 30.3 Å². The minimum atomic E-state index is -0.732. The summed E-state index contributed by atoms with van der Waals surface area (Å²) in [7, 11) is 0. The van der Waals surface area contributed by atoms with Gasteiger partial charge in [-0.15, -0.1) is 0 Å². The molecule has 0 radical (unpaired) electrons. The Morgan fingerprint density at radius 2 is 1.92 bits per heavy atom. The van der Waals surface area contributed by atoms with Crippen LogP contribution in [0.25, 0.3) is 0 Å². The fourth-order valence-electron chi connectivity index (χ4n) is 3.77. The molecule has 4 rings (SSSR count). The molecule has 4 nitrogen and oxygen atoms in total. The molecule has 0 unspecified atom stereocenters. The average molecular weight is 339 g/mol. The monoisotopic (exact) mass is 339 g/mol. The molecule has 0 aromatic heterocycles. The zero-order chi connectivity index (χ0) is 17.4. The fourth-order valence-corrected chi connectivity index (χ4v) is 3.77. The quantitative estimate of drug-likeness (QED) is 0.790. The number of nitrogens with zero attached hydrogens (tertiary/aromatic N) is 1. The van der Waals surface area contributed by atoms with Crippen molar-refractivity contribution >= 4 is 11.9 Å². The number of carbonyl (C=O) groups is 2. The van der Waals surface area contributed by atoms with Crippen molar-refractivity contribution in [2.75, 3.05) is 13.1 Å². The average Bonchev–Trinajstić information content (AvgIpc) is 2.89. The van der Waals surface area contributed by atoms with Crippen LogP contribution >= 0.6 is 0 Å². The molecule has 1 atom stereocenters. The first-order valence-electron chi connectivity index (χ1n) is 8.42. The second-order valence-corrected chi connectivity index (χ2v) is 6.65. The van der Waals surface area contributed by atoms with Gasteiger partial charge < -0.3 is 9.64 Å². The molecule has 5 heteroatoms. The summed E-state index contributed by atoms with van der Waals surface area (Å²) in [4.78, 5) is 26.6. The maximum Gasteiger partial charge on any atom is 0.339 e. The van der Waals surface area contributed by atoms with E-state index in [2.05, 4.69) is 0 Å². The molecular weight excluding hydrogens is 321 g/mol. The summed E-state index contributed by atoms with van der Waals surface area (Å²) in [6.07, 6.45) is 1.71. The molecule has 25 heavy (non-hydrogen) atoms. The van der Waals surface area contributed by atoms with Gasteiger partial charge in [0.05, 0.1) is 18.5 Å². The molecule has 1 saturated heterocycles. The van der Waals surface area contributed by atoms with Gasteiger partial charge in [0.15, 0.2) is 5.60 Å². The highest BCUT2D eigenvalue weighted by molar-refractivity contribution is 5.95. The number of amides is 1. The first-order chi connectivity index (χ1) is 12.1. The number of ether oxygens (including phenoxy) is 1. The molecule has 2 heterocycles. The second kappa shape index (κ2) is 5.99. The second-order valence-electron chi connectivity index (χ2n) is 6.65. The zero-order valence-corrected chi connectivity index (χ0v) is 13.7. The fraction of sp³-hybridized carbons (Fsp3) is 0.300. The molecule has 1 amide bonds. The van der Waals surface area contributed by atoms with Gasteiger partial charge in [-0.2, -0.15) is 0 Å². The number of benzene rings is 2. The number of piperidine rings is 1. The van der Waals surface area contributed by atoms with Gasteiger partial charge in [0.2, 0.25) is 5.91 Å².